The quantitative estimate of drug-likeness (QED) is 0.570. The third-order valence-corrected chi connectivity index (χ3v) is 6.23. The molecule has 1 aromatic heterocycles. The van der Waals surface area contributed by atoms with Crippen molar-refractivity contribution in [2.45, 2.75) is 38.8 Å². The second-order valence-electron chi connectivity index (χ2n) is 8.61. The maximum Gasteiger partial charge on any atom is 0.159 e. The Morgan fingerprint density at radius 3 is 2.68 bits per heavy atom. The molecule has 0 bridgehead atoms. The van der Waals surface area contributed by atoms with Crippen molar-refractivity contribution in [2.24, 2.45) is 0 Å². The molecule has 5 nitrogen and oxygen atoms in total. The smallest absolute Gasteiger partial charge is 0.159 e. The lowest BCUT2D eigenvalue weighted by Crippen LogP contribution is -2.34. The highest BCUT2D eigenvalue weighted by atomic mass is 16.5. The van der Waals surface area contributed by atoms with Gasteiger partial charge in [-0.15, -0.1) is 0 Å². The number of rotatable bonds is 6. The fourth-order valence-corrected chi connectivity index (χ4v) is 4.38. The standard InChI is InChI=1S/C26H27N3O2/c1-18-4-3-5-20(16-18)17-29-14-15-31-23-10-13-27-25(24(23)29)28-26(11-12-26)22-8-6-21(7-9-22)19(2)30/h3-10,13,16H,11-12,14-15,17H2,1-2H3,(H,27,28). The number of ketones is 1. The molecule has 3 aromatic rings. The molecule has 158 valence electrons. The van der Waals surface area contributed by atoms with Crippen LogP contribution < -0.4 is 15.0 Å². The van der Waals surface area contributed by atoms with Gasteiger partial charge in [-0.1, -0.05) is 54.1 Å². The van der Waals surface area contributed by atoms with Crippen LogP contribution in [0.25, 0.3) is 0 Å². The molecule has 1 aliphatic carbocycles. The Morgan fingerprint density at radius 1 is 1.16 bits per heavy atom. The Bertz CT molecular complexity index is 1120. The number of aromatic nitrogens is 1. The van der Waals surface area contributed by atoms with Crippen LogP contribution in [-0.2, 0) is 12.1 Å². The molecule has 5 rings (SSSR count). The molecule has 31 heavy (non-hydrogen) atoms. The van der Waals surface area contributed by atoms with Crippen molar-refractivity contribution < 1.29 is 9.53 Å². The van der Waals surface area contributed by atoms with E-state index < -0.39 is 0 Å². The van der Waals surface area contributed by atoms with Crippen LogP contribution in [0.2, 0.25) is 0 Å². The summed E-state index contributed by atoms with van der Waals surface area (Å²) in [4.78, 5) is 18.7. The van der Waals surface area contributed by atoms with Gasteiger partial charge in [0.15, 0.2) is 11.6 Å². The van der Waals surface area contributed by atoms with E-state index in [1.165, 1.54) is 16.7 Å². The van der Waals surface area contributed by atoms with Gasteiger partial charge >= 0.3 is 0 Å². The molecule has 0 saturated heterocycles. The van der Waals surface area contributed by atoms with E-state index in [-0.39, 0.29) is 11.3 Å². The number of hydrogen-bond donors (Lipinski definition) is 1. The van der Waals surface area contributed by atoms with Crippen LogP contribution in [0.4, 0.5) is 11.5 Å². The molecule has 0 radical (unpaired) electrons. The largest absolute Gasteiger partial charge is 0.489 e. The molecule has 1 fully saturated rings. The number of ether oxygens (including phenoxy) is 1. The van der Waals surface area contributed by atoms with Gasteiger partial charge < -0.3 is 15.0 Å². The van der Waals surface area contributed by atoms with Gasteiger partial charge in [0, 0.05) is 24.4 Å². The highest BCUT2D eigenvalue weighted by Gasteiger charge is 2.45. The van der Waals surface area contributed by atoms with Crippen molar-refractivity contribution in [3.05, 3.63) is 83.0 Å². The van der Waals surface area contributed by atoms with Gasteiger partial charge in [0.1, 0.15) is 18.0 Å². The fourth-order valence-electron chi connectivity index (χ4n) is 4.38. The highest BCUT2D eigenvalue weighted by molar-refractivity contribution is 5.94. The molecular formula is C26H27N3O2. The number of fused-ring (bicyclic) bond motifs is 1. The predicted octanol–water partition coefficient (Wildman–Crippen LogP) is 5.09. The Morgan fingerprint density at radius 2 is 1.97 bits per heavy atom. The maximum atomic E-state index is 11.6. The zero-order chi connectivity index (χ0) is 21.4. The highest BCUT2D eigenvalue weighted by Crippen LogP contribution is 2.50. The average molecular weight is 414 g/mol. The summed E-state index contributed by atoms with van der Waals surface area (Å²) in [5.41, 5.74) is 5.38. The number of benzene rings is 2. The van der Waals surface area contributed by atoms with Gasteiger partial charge in [0.25, 0.3) is 0 Å². The topological polar surface area (TPSA) is 54.5 Å². The summed E-state index contributed by atoms with van der Waals surface area (Å²) in [5, 5.41) is 3.73. The zero-order valence-corrected chi connectivity index (χ0v) is 18.0. The SMILES string of the molecule is CC(=O)c1ccc(C2(Nc3nccc4c3N(Cc3cccc(C)c3)CCO4)CC2)cc1. The lowest BCUT2D eigenvalue weighted by atomic mass is 10.0. The van der Waals surface area contributed by atoms with Crippen LogP contribution in [0, 0.1) is 6.92 Å². The van der Waals surface area contributed by atoms with Crippen LogP contribution >= 0.6 is 0 Å². The minimum atomic E-state index is -0.135. The molecule has 1 saturated carbocycles. The van der Waals surface area contributed by atoms with Gasteiger partial charge in [0.05, 0.1) is 12.1 Å². The lowest BCUT2D eigenvalue weighted by molar-refractivity contribution is 0.101. The van der Waals surface area contributed by atoms with E-state index in [0.717, 1.165) is 48.7 Å². The van der Waals surface area contributed by atoms with E-state index >= 15 is 0 Å². The van der Waals surface area contributed by atoms with Crippen molar-refractivity contribution >= 4 is 17.3 Å². The Labute approximate surface area is 183 Å². The normalized spacial score (nSPS) is 16.3. The number of nitrogens with zero attached hydrogens (tertiary/aromatic N) is 2. The zero-order valence-electron chi connectivity index (χ0n) is 18.0. The summed E-state index contributed by atoms with van der Waals surface area (Å²) in [6.45, 7) is 6.03. The summed E-state index contributed by atoms with van der Waals surface area (Å²) in [7, 11) is 0. The number of pyridine rings is 1. The van der Waals surface area contributed by atoms with Gasteiger partial charge in [-0.2, -0.15) is 0 Å². The molecular weight excluding hydrogens is 386 g/mol. The Balaban J connectivity index is 1.45. The lowest BCUT2D eigenvalue weighted by Gasteiger charge is -2.33. The van der Waals surface area contributed by atoms with E-state index in [9.17, 15) is 4.79 Å². The first-order chi connectivity index (χ1) is 15.0. The van der Waals surface area contributed by atoms with Crippen LogP contribution in [0.1, 0.15) is 46.8 Å². The first-order valence-corrected chi connectivity index (χ1v) is 10.9. The van der Waals surface area contributed by atoms with Crippen molar-refractivity contribution in [2.75, 3.05) is 23.4 Å². The fraction of sp³-hybridized carbons (Fsp3) is 0.308. The van der Waals surface area contributed by atoms with Gasteiger partial charge in [-0.3, -0.25) is 4.79 Å². The van der Waals surface area contributed by atoms with E-state index in [4.69, 9.17) is 9.72 Å². The molecule has 5 heteroatoms. The number of Topliss-reactive ketones (excluding diaryl/α,β-unsaturated/α-hetero) is 1. The minimum absolute atomic E-state index is 0.0899. The molecule has 0 atom stereocenters. The number of carbonyl (C=O) groups is 1. The average Bonchev–Trinajstić information content (AvgIpc) is 3.55. The summed E-state index contributed by atoms with van der Waals surface area (Å²) in [6.07, 6.45) is 3.89. The molecule has 2 aromatic carbocycles. The van der Waals surface area contributed by atoms with Crippen LogP contribution in [0.15, 0.2) is 60.8 Å². The first-order valence-electron chi connectivity index (χ1n) is 10.9. The third-order valence-electron chi connectivity index (χ3n) is 6.23. The second kappa shape index (κ2) is 7.73. The van der Waals surface area contributed by atoms with E-state index in [2.05, 4.69) is 53.5 Å². The maximum absolute atomic E-state index is 11.6. The number of nitrogens with one attached hydrogen (secondary N) is 1. The van der Waals surface area contributed by atoms with Crippen LogP contribution in [0.3, 0.4) is 0 Å². The number of anilines is 2. The summed E-state index contributed by atoms with van der Waals surface area (Å²) in [5.74, 6) is 1.82. The van der Waals surface area contributed by atoms with Gasteiger partial charge in [-0.25, -0.2) is 4.98 Å². The first kappa shape index (κ1) is 19.6. The summed E-state index contributed by atoms with van der Waals surface area (Å²) >= 11 is 0. The number of hydrogen-bond acceptors (Lipinski definition) is 5. The van der Waals surface area contributed by atoms with Crippen LogP contribution in [-0.4, -0.2) is 23.9 Å². The summed E-state index contributed by atoms with van der Waals surface area (Å²) < 4.78 is 5.98. The Kier molecular flexibility index (Phi) is 4.89. The molecule has 1 aliphatic heterocycles. The molecule has 1 N–H and O–H groups in total. The second-order valence-corrected chi connectivity index (χ2v) is 8.61. The van der Waals surface area contributed by atoms with Crippen LogP contribution in [0.5, 0.6) is 5.75 Å². The number of aryl methyl sites for hydroxylation is 1. The monoisotopic (exact) mass is 413 g/mol. The Hall–Kier alpha value is -3.34. The van der Waals surface area contributed by atoms with Crippen molar-refractivity contribution in [3.63, 3.8) is 0 Å². The molecule has 2 heterocycles. The molecule has 0 amide bonds. The molecule has 0 spiro atoms. The van der Waals surface area contributed by atoms with E-state index in [0.29, 0.717) is 6.61 Å². The van der Waals surface area contributed by atoms with Crippen molar-refractivity contribution in [3.8, 4) is 5.75 Å². The van der Waals surface area contributed by atoms with Crippen molar-refractivity contribution in [1.82, 2.24) is 4.98 Å². The third kappa shape index (κ3) is 3.88. The molecule has 0 unspecified atom stereocenters. The van der Waals surface area contributed by atoms with Crippen molar-refractivity contribution in [1.29, 1.82) is 0 Å². The van der Waals surface area contributed by atoms with Gasteiger partial charge in [-0.05, 0) is 37.8 Å². The van der Waals surface area contributed by atoms with E-state index in [1.807, 2.05) is 24.4 Å². The molecule has 2 aliphatic rings. The number of carbonyl (C=O) groups excluding carboxylic acids is 1. The summed E-state index contributed by atoms with van der Waals surface area (Å²) in [6, 6.07) is 18.5. The predicted molar refractivity (Wildman–Crippen MR) is 123 cm³/mol. The van der Waals surface area contributed by atoms with Gasteiger partial charge in [0.2, 0.25) is 0 Å². The van der Waals surface area contributed by atoms with E-state index in [1.54, 1.807) is 6.92 Å². The minimum Gasteiger partial charge on any atom is -0.489 e.